The molecule has 0 aliphatic heterocycles. The van der Waals surface area contributed by atoms with Gasteiger partial charge < -0.3 is 17.7 Å². The van der Waals surface area contributed by atoms with E-state index in [4.69, 9.17) is 4.74 Å². The Hall–Kier alpha value is -1.20. The van der Waals surface area contributed by atoms with Gasteiger partial charge in [-0.25, -0.2) is 4.39 Å². The first kappa shape index (κ1) is 11.9. The summed E-state index contributed by atoms with van der Waals surface area (Å²) in [5.74, 6) is -1.16. The third kappa shape index (κ3) is 3.14. The molecule has 0 saturated heterocycles. The normalized spacial score (nSPS) is 11.5. The fraction of sp³-hybridized carbons (Fsp3) is 0.333. The van der Waals surface area contributed by atoms with Crippen molar-refractivity contribution in [2.75, 3.05) is 6.61 Å². The van der Waals surface area contributed by atoms with Crippen LogP contribution in [0.2, 0.25) is 0 Å². The second-order valence-corrected chi connectivity index (χ2v) is 3.11. The summed E-state index contributed by atoms with van der Waals surface area (Å²) < 4.78 is 55.0. The molecule has 1 rings (SSSR count). The van der Waals surface area contributed by atoms with Crippen LogP contribution in [0.1, 0.15) is 13.3 Å². The fourth-order valence-corrected chi connectivity index (χ4v) is 1.12. The van der Waals surface area contributed by atoms with Gasteiger partial charge in [-0.1, -0.05) is 18.5 Å². The van der Waals surface area contributed by atoms with E-state index in [1.165, 1.54) is 0 Å². The molecule has 0 saturated carbocycles. The molecule has 0 unspecified atom stereocenters. The molecular formula is C9H10BF4O-. The standard InChI is InChI=1S/C9H10BF4O/c1-2-5-15-9-6-7(11)3-4-8(9)10(12,13)14/h3-4,6H,2,5H2,1H3/q-1. The van der Waals surface area contributed by atoms with Crippen LogP contribution in [0.15, 0.2) is 18.2 Å². The van der Waals surface area contributed by atoms with Gasteiger partial charge in [0.25, 0.3) is 0 Å². The van der Waals surface area contributed by atoms with Gasteiger partial charge in [0.1, 0.15) is 5.82 Å². The number of halogens is 4. The largest absolute Gasteiger partial charge is 0.513 e. The van der Waals surface area contributed by atoms with Crippen LogP contribution in [-0.2, 0) is 0 Å². The monoisotopic (exact) mass is 221 g/mol. The zero-order valence-electron chi connectivity index (χ0n) is 8.14. The zero-order valence-corrected chi connectivity index (χ0v) is 8.14. The first-order valence-corrected chi connectivity index (χ1v) is 4.57. The molecule has 0 heterocycles. The lowest BCUT2D eigenvalue weighted by atomic mass is 9.79. The van der Waals surface area contributed by atoms with E-state index < -0.39 is 24.0 Å². The Kier molecular flexibility index (Phi) is 3.60. The van der Waals surface area contributed by atoms with Crippen molar-refractivity contribution in [2.45, 2.75) is 13.3 Å². The molecule has 1 aromatic rings. The van der Waals surface area contributed by atoms with Crippen molar-refractivity contribution in [1.82, 2.24) is 0 Å². The summed E-state index contributed by atoms with van der Waals surface area (Å²) >= 11 is 0. The number of ether oxygens (including phenoxy) is 1. The summed E-state index contributed by atoms with van der Waals surface area (Å²) in [5, 5.41) is 0. The fourth-order valence-electron chi connectivity index (χ4n) is 1.12. The number of hydrogen-bond acceptors (Lipinski definition) is 1. The Morgan fingerprint density at radius 2 is 1.93 bits per heavy atom. The van der Waals surface area contributed by atoms with E-state index in [1.54, 1.807) is 6.92 Å². The van der Waals surface area contributed by atoms with Gasteiger partial charge in [0.05, 0.1) is 12.4 Å². The van der Waals surface area contributed by atoms with Crippen molar-refractivity contribution in [3.8, 4) is 5.75 Å². The molecule has 0 N–H and O–H groups in total. The van der Waals surface area contributed by atoms with Gasteiger partial charge in [-0.3, -0.25) is 0 Å². The van der Waals surface area contributed by atoms with Crippen LogP contribution in [0.4, 0.5) is 17.3 Å². The minimum atomic E-state index is -5.16. The molecule has 84 valence electrons. The maximum atomic E-state index is 12.7. The summed E-state index contributed by atoms with van der Waals surface area (Å²) in [6, 6.07) is 2.25. The number of rotatable bonds is 4. The van der Waals surface area contributed by atoms with Crippen molar-refractivity contribution < 1.29 is 22.1 Å². The lowest BCUT2D eigenvalue weighted by Gasteiger charge is -2.19. The molecular weight excluding hydrogens is 211 g/mol. The van der Waals surface area contributed by atoms with E-state index >= 15 is 0 Å². The number of hydrogen-bond donors (Lipinski definition) is 0. The molecule has 0 fully saturated rings. The maximum absolute atomic E-state index is 12.7. The van der Waals surface area contributed by atoms with Crippen LogP contribution < -0.4 is 10.2 Å². The first-order chi connectivity index (χ1) is 6.95. The third-order valence-corrected chi connectivity index (χ3v) is 1.79. The van der Waals surface area contributed by atoms with E-state index in [9.17, 15) is 17.3 Å². The van der Waals surface area contributed by atoms with Crippen LogP contribution in [0, 0.1) is 5.82 Å². The highest BCUT2D eigenvalue weighted by Crippen LogP contribution is 2.19. The maximum Gasteiger partial charge on any atom is 0.513 e. The molecule has 0 aromatic heterocycles. The predicted octanol–water partition coefficient (Wildman–Crippen LogP) is 2.67. The molecule has 6 heteroatoms. The van der Waals surface area contributed by atoms with E-state index in [0.29, 0.717) is 12.5 Å². The molecule has 0 spiro atoms. The van der Waals surface area contributed by atoms with Crippen molar-refractivity contribution in [3.05, 3.63) is 24.0 Å². The lowest BCUT2D eigenvalue weighted by Crippen LogP contribution is -2.35. The van der Waals surface area contributed by atoms with Crippen molar-refractivity contribution in [1.29, 1.82) is 0 Å². The Balaban J connectivity index is 3.03. The van der Waals surface area contributed by atoms with Crippen LogP contribution in [0.3, 0.4) is 0 Å². The molecule has 1 nitrogen and oxygen atoms in total. The highest BCUT2D eigenvalue weighted by Gasteiger charge is 2.29. The van der Waals surface area contributed by atoms with Gasteiger partial charge >= 0.3 is 6.98 Å². The Morgan fingerprint density at radius 3 is 2.47 bits per heavy atom. The van der Waals surface area contributed by atoms with E-state index in [1.807, 2.05) is 0 Å². The Morgan fingerprint density at radius 1 is 1.27 bits per heavy atom. The predicted molar refractivity (Wildman–Crippen MR) is 50.9 cm³/mol. The van der Waals surface area contributed by atoms with Gasteiger partial charge in [0.15, 0.2) is 0 Å². The molecule has 0 atom stereocenters. The summed E-state index contributed by atoms with van der Waals surface area (Å²) in [7, 11) is 0. The molecule has 0 aliphatic carbocycles. The smallest absolute Gasteiger partial charge is 0.496 e. The minimum absolute atomic E-state index is 0.141. The Bertz CT molecular complexity index is 337. The molecule has 0 aliphatic rings. The van der Waals surface area contributed by atoms with Gasteiger partial charge in [-0.15, -0.1) is 0 Å². The van der Waals surface area contributed by atoms with E-state index in [0.717, 1.165) is 12.1 Å². The topological polar surface area (TPSA) is 9.23 Å². The summed E-state index contributed by atoms with van der Waals surface area (Å²) in [4.78, 5) is 0. The molecule has 1 aromatic carbocycles. The second kappa shape index (κ2) is 4.55. The van der Waals surface area contributed by atoms with Crippen LogP contribution >= 0.6 is 0 Å². The van der Waals surface area contributed by atoms with Crippen molar-refractivity contribution >= 4 is 12.4 Å². The second-order valence-electron chi connectivity index (χ2n) is 3.11. The zero-order chi connectivity index (χ0) is 11.5. The number of benzene rings is 1. The third-order valence-electron chi connectivity index (χ3n) is 1.79. The Labute approximate surface area is 85.1 Å². The van der Waals surface area contributed by atoms with E-state index in [2.05, 4.69) is 0 Å². The molecule has 15 heavy (non-hydrogen) atoms. The van der Waals surface area contributed by atoms with Crippen LogP contribution in [0.5, 0.6) is 5.75 Å². The van der Waals surface area contributed by atoms with Crippen molar-refractivity contribution in [2.24, 2.45) is 0 Å². The van der Waals surface area contributed by atoms with E-state index in [-0.39, 0.29) is 6.61 Å². The average molecular weight is 221 g/mol. The van der Waals surface area contributed by atoms with Crippen LogP contribution in [0.25, 0.3) is 0 Å². The minimum Gasteiger partial charge on any atom is -0.496 e. The van der Waals surface area contributed by atoms with Gasteiger partial charge in [0, 0.05) is 6.07 Å². The van der Waals surface area contributed by atoms with Crippen molar-refractivity contribution in [3.63, 3.8) is 0 Å². The molecule has 0 bridgehead atoms. The van der Waals surface area contributed by atoms with Crippen LogP contribution in [-0.4, -0.2) is 13.6 Å². The summed E-state index contributed by atoms with van der Waals surface area (Å²) in [5.41, 5.74) is -0.884. The van der Waals surface area contributed by atoms with Gasteiger partial charge in [-0.05, 0) is 12.5 Å². The highest BCUT2D eigenvalue weighted by atomic mass is 19.4. The molecule has 0 amide bonds. The lowest BCUT2D eigenvalue weighted by molar-refractivity contribution is 0.316. The van der Waals surface area contributed by atoms with Gasteiger partial charge in [0.2, 0.25) is 0 Å². The molecule has 0 radical (unpaired) electrons. The SMILES string of the molecule is CCCOc1cc(F)ccc1[B-](F)(F)F. The summed E-state index contributed by atoms with van der Waals surface area (Å²) in [6.07, 6.45) is 0.570. The quantitative estimate of drug-likeness (QED) is 0.560. The summed E-state index contributed by atoms with van der Waals surface area (Å²) in [6.45, 7) is -3.26. The average Bonchev–Trinajstić information content (AvgIpc) is 2.12. The highest BCUT2D eigenvalue weighted by molar-refractivity contribution is 6.74. The first-order valence-electron chi connectivity index (χ1n) is 4.57. The van der Waals surface area contributed by atoms with Gasteiger partial charge in [-0.2, -0.15) is 0 Å².